The van der Waals surface area contributed by atoms with Crippen LogP contribution in [0.1, 0.15) is 18.3 Å². The molecule has 0 radical (unpaired) electrons. The molecule has 0 aliphatic rings. The molecule has 0 amide bonds. The van der Waals surface area contributed by atoms with Gasteiger partial charge in [-0.1, -0.05) is 18.5 Å². The Hall–Kier alpha value is -0.830. The summed E-state index contributed by atoms with van der Waals surface area (Å²) in [6.45, 7) is 3.90. The summed E-state index contributed by atoms with van der Waals surface area (Å²) in [5.41, 5.74) is 0.899. The molecule has 0 fully saturated rings. The van der Waals surface area contributed by atoms with Crippen molar-refractivity contribution >= 4 is 17.4 Å². The van der Waals surface area contributed by atoms with E-state index >= 15 is 0 Å². The molecule has 66 valence electrons. The van der Waals surface area contributed by atoms with Gasteiger partial charge in [0.2, 0.25) is 0 Å². The third kappa shape index (κ3) is 1.67. The van der Waals surface area contributed by atoms with Crippen LogP contribution in [0.15, 0.2) is 0 Å². The normalized spacial score (nSPS) is 10.0. The van der Waals surface area contributed by atoms with Crippen molar-refractivity contribution in [2.75, 3.05) is 12.4 Å². The number of hydrogen-bond acceptors (Lipinski definition) is 3. The summed E-state index contributed by atoms with van der Waals surface area (Å²) in [4.78, 5) is 8.38. The first-order chi connectivity index (χ1) is 5.69. The van der Waals surface area contributed by atoms with Crippen LogP contribution in [-0.2, 0) is 6.42 Å². The minimum atomic E-state index is 0.534. The number of anilines is 1. The van der Waals surface area contributed by atoms with Gasteiger partial charge < -0.3 is 5.32 Å². The number of rotatable bonds is 2. The van der Waals surface area contributed by atoms with Gasteiger partial charge in [0.25, 0.3) is 0 Å². The molecule has 0 saturated carbocycles. The van der Waals surface area contributed by atoms with Crippen molar-refractivity contribution in [3.8, 4) is 0 Å². The summed E-state index contributed by atoms with van der Waals surface area (Å²) < 4.78 is 0. The van der Waals surface area contributed by atoms with E-state index in [1.54, 1.807) is 0 Å². The molecule has 1 aromatic heterocycles. The summed E-state index contributed by atoms with van der Waals surface area (Å²) in [6, 6.07) is 0. The van der Waals surface area contributed by atoms with Crippen molar-refractivity contribution in [3.05, 3.63) is 16.5 Å². The molecular formula is C8H12ClN3. The average molecular weight is 186 g/mol. The predicted octanol–water partition coefficient (Wildman–Crippen LogP) is 2.04. The molecule has 12 heavy (non-hydrogen) atoms. The fourth-order valence-electron chi connectivity index (χ4n) is 0.934. The molecule has 1 heterocycles. The van der Waals surface area contributed by atoms with Gasteiger partial charge in [-0.2, -0.15) is 0 Å². The Morgan fingerprint density at radius 3 is 2.58 bits per heavy atom. The van der Waals surface area contributed by atoms with Crippen molar-refractivity contribution in [3.63, 3.8) is 0 Å². The number of nitrogens with one attached hydrogen (secondary N) is 1. The molecule has 0 saturated heterocycles. The van der Waals surface area contributed by atoms with E-state index in [0.717, 1.165) is 23.6 Å². The Morgan fingerprint density at radius 2 is 2.08 bits per heavy atom. The molecule has 1 rings (SSSR count). The first kappa shape index (κ1) is 9.26. The van der Waals surface area contributed by atoms with Crippen LogP contribution in [0.2, 0.25) is 5.15 Å². The van der Waals surface area contributed by atoms with Crippen LogP contribution in [0.5, 0.6) is 0 Å². The van der Waals surface area contributed by atoms with Gasteiger partial charge >= 0.3 is 0 Å². The maximum Gasteiger partial charge on any atom is 0.137 e. The zero-order valence-corrected chi connectivity index (χ0v) is 8.24. The zero-order valence-electron chi connectivity index (χ0n) is 7.48. The smallest absolute Gasteiger partial charge is 0.137 e. The van der Waals surface area contributed by atoms with Gasteiger partial charge in [-0.3, -0.25) is 0 Å². The van der Waals surface area contributed by atoms with Crippen LogP contribution in [0, 0.1) is 6.92 Å². The van der Waals surface area contributed by atoms with Crippen LogP contribution in [-0.4, -0.2) is 17.0 Å². The molecule has 0 unspecified atom stereocenters. The van der Waals surface area contributed by atoms with Crippen molar-refractivity contribution in [2.24, 2.45) is 0 Å². The summed E-state index contributed by atoms with van der Waals surface area (Å²) in [7, 11) is 1.82. The van der Waals surface area contributed by atoms with Gasteiger partial charge in [-0.25, -0.2) is 9.97 Å². The van der Waals surface area contributed by atoms with E-state index in [2.05, 4.69) is 15.3 Å². The Labute approximate surface area is 77.2 Å². The molecule has 0 aliphatic heterocycles. The molecule has 4 heteroatoms. The fourth-order valence-corrected chi connectivity index (χ4v) is 1.12. The third-order valence-electron chi connectivity index (χ3n) is 1.69. The Morgan fingerprint density at radius 1 is 1.42 bits per heavy atom. The van der Waals surface area contributed by atoms with Gasteiger partial charge in [-0.05, 0) is 6.92 Å². The van der Waals surface area contributed by atoms with Gasteiger partial charge in [0.05, 0.1) is 0 Å². The highest BCUT2D eigenvalue weighted by Gasteiger charge is 2.05. The van der Waals surface area contributed by atoms with E-state index in [0.29, 0.717) is 5.15 Å². The number of nitrogens with zero attached hydrogens (tertiary/aromatic N) is 2. The lowest BCUT2D eigenvalue weighted by Gasteiger charge is -2.06. The summed E-state index contributed by atoms with van der Waals surface area (Å²) in [5, 5.41) is 3.51. The number of aromatic nitrogens is 2. The molecule has 1 aromatic rings. The molecule has 0 bridgehead atoms. The minimum absolute atomic E-state index is 0.534. The van der Waals surface area contributed by atoms with E-state index in [9.17, 15) is 0 Å². The lowest BCUT2D eigenvalue weighted by molar-refractivity contribution is 0.932. The average Bonchev–Trinajstić information content (AvgIpc) is 2.09. The number of halogens is 1. The van der Waals surface area contributed by atoms with Crippen molar-refractivity contribution < 1.29 is 0 Å². The summed E-state index contributed by atoms with van der Waals surface area (Å²) >= 11 is 5.89. The molecule has 3 nitrogen and oxygen atoms in total. The van der Waals surface area contributed by atoms with Crippen molar-refractivity contribution in [1.29, 1.82) is 0 Å². The second-order valence-electron chi connectivity index (χ2n) is 2.51. The van der Waals surface area contributed by atoms with Crippen LogP contribution in [0.4, 0.5) is 5.82 Å². The second kappa shape index (κ2) is 3.72. The topological polar surface area (TPSA) is 37.8 Å². The second-order valence-corrected chi connectivity index (χ2v) is 2.87. The fraction of sp³-hybridized carbons (Fsp3) is 0.500. The Kier molecular flexibility index (Phi) is 2.87. The van der Waals surface area contributed by atoms with E-state index in [1.165, 1.54) is 0 Å². The summed E-state index contributed by atoms with van der Waals surface area (Å²) in [5.74, 6) is 1.59. The van der Waals surface area contributed by atoms with E-state index in [1.807, 2.05) is 20.9 Å². The monoisotopic (exact) mass is 185 g/mol. The zero-order chi connectivity index (χ0) is 9.14. The first-order valence-corrected chi connectivity index (χ1v) is 4.27. The van der Waals surface area contributed by atoms with Crippen LogP contribution in [0.3, 0.4) is 0 Å². The van der Waals surface area contributed by atoms with Crippen LogP contribution in [0.25, 0.3) is 0 Å². The number of hydrogen-bond donors (Lipinski definition) is 1. The Bertz CT molecular complexity index is 286. The third-order valence-corrected chi connectivity index (χ3v) is 2.05. The molecule has 0 spiro atoms. The van der Waals surface area contributed by atoms with Gasteiger partial charge in [-0.15, -0.1) is 0 Å². The number of aryl methyl sites for hydroxylation is 1. The van der Waals surface area contributed by atoms with Crippen molar-refractivity contribution in [1.82, 2.24) is 9.97 Å². The molecular weight excluding hydrogens is 174 g/mol. The van der Waals surface area contributed by atoms with E-state index < -0.39 is 0 Å². The van der Waals surface area contributed by atoms with Gasteiger partial charge in [0, 0.05) is 19.0 Å². The predicted molar refractivity (Wildman–Crippen MR) is 50.7 cm³/mol. The summed E-state index contributed by atoms with van der Waals surface area (Å²) in [6.07, 6.45) is 0.800. The Balaban J connectivity index is 3.19. The molecule has 0 aromatic carbocycles. The lowest BCUT2D eigenvalue weighted by Crippen LogP contribution is -2.02. The first-order valence-electron chi connectivity index (χ1n) is 3.89. The van der Waals surface area contributed by atoms with Crippen LogP contribution < -0.4 is 5.32 Å². The molecule has 0 aliphatic carbocycles. The quantitative estimate of drug-likeness (QED) is 0.717. The molecule has 0 atom stereocenters. The standard InChI is InChI=1S/C8H12ClN3/c1-4-6-11-7(9)5(2)8(10-3)12-6/h4H2,1-3H3,(H,10,11,12). The highest BCUT2D eigenvalue weighted by Crippen LogP contribution is 2.19. The minimum Gasteiger partial charge on any atom is -0.373 e. The van der Waals surface area contributed by atoms with Gasteiger partial charge in [0.1, 0.15) is 16.8 Å². The van der Waals surface area contributed by atoms with E-state index in [4.69, 9.17) is 11.6 Å². The van der Waals surface area contributed by atoms with Gasteiger partial charge in [0.15, 0.2) is 0 Å². The SMILES string of the molecule is CCc1nc(Cl)c(C)c(NC)n1. The highest BCUT2D eigenvalue weighted by molar-refractivity contribution is 6.30. The maximum absolute atomic E-state index is 5.89. The van der Waals surface area contributed by atoms with E-state index in [-0.39, 0.29) is 0 Å². The molecule has 1 N–H and O–H groups in total. The highest BCUT2D eigenvalue weighted by atomic mass is 35.5. The maximum atomic E-state index is 5.89. The van der Waals surface area contributed by atoms with Crippen molar-refractivity contribution in [2.45, 2.75) is 20.3 Å². The largest absolute Gasteiger partial charge is 0.373 e. The van der Waals surface area contributed by atoms with Crippen LogP contribution >= 0.6 is 11.6 Å². The lowest BCUT2D eigenvalue weighted by atomic mass is 10.3.